The zero-order valence-corrected chi connectivity index (χ0v) is 13.1. The van der Waals surface area contributed by atoms with Crippen molar-refractivity contribution in [2.45, 2.75) is 32.4 Å². The zero-order valence-electron chi connectivity index (χ0n) is 13.1. The minimum atomic E-state index is -2.93. The van der Waals surface area contributed by atoms with Crippen LogP contribution in [0.15, 0.2) is 24.3 Å². The van der Waals surface area contributed by atoms with Crippen LogP contribution in [0.3, 0.4) is 0 Å². The number of carbonyl (C=O) groups excluding carboxylic acids is 3. The van der Waals surface area contributed by atoms with Crippen LogP contribution in [0.5, 0.6) is 5.75 Å². The average molecular weight is 341 g/mol. The lowest BCUT2D eigenvalue weighted by Gasteiger charge is -2.19. The third kappa shape index (κ3) is 3.79. The number of carbonyl (C=O) groups is 3. The largest absolute Gasteiger partial charge is 0.435 e. The van der Waals surface area contributed by atoms with E-state index in [1.165, 1.54) is 24.3 Å². The predicted molar refractivity (Wildman–Crippen MR) is 80.6 cm³/mol. The van der Waals surface area contributed by atoms with Crippen LogP contribution in [0.4, 0.5) is 19.3 Å². The van der Waals surface area contributed by atoms with E-state index in [0.29, 0.717) is 12.1 Å². The van der Waals surface area contributed by atoms with Gasteiger partial charge in [0.25, 0.3) is 5.91 Å². The van der Waals surface area contributed by atoms with Crippen LogP contribution in [0.1, 0.15) is 20.3 Å². The third-order valence-corrected chi connectivity index (χ3v) is 3.72. The van der Waals surface area contributed by atoms with Crippen LogP contribution in [0.25, 0.3) is 0 Å². The Balaban J connectivity index is 1.96. The second-order valence-corrected chi connectivity index (χ2v) is 5.46. The molecule has 2 rings (SSSR count). The van der Waals surface area contributed by atoms with Crippen molar-refractivity contribution >= 4 is 23.5 Å². The molecule has 1 aliphatic heterocycles. The molecule has 0 radical (unpaired) electrons. The number of benzene rings is 1. The van der Waals surface area contributed by atoms with Gasteiger partial charge in [-0.15, -0.1) is 0 Å². The molecular formula is C15H17F2N3O4. The summed E-state index contributed by atoms with van der Waals surface area (Å²) in [7, 11) is 0. The molecule has 0 saturated carbocycles. The first-order valence-electron chi connectivity index (χ1n) is 7.24. The van der Waals surface area contributed by atoms with E-state index in [-0.39, 0.29) is 5.75 Å². The summed E-state index contributed by atoms with van der Waals surface area (Å²) >= 11 is 0. The minimum absolute atomic E-state index is 0.0455. The molecule has 0 spiro atoms. The van der Waals surface area contributed by atoms with Gasteiger partial charge in [-0.05, 0) is 37.6 Å². The Morgan fingerprint density at radius 1 is 1.33 bits per heavy atom. The number of urea groups is 1. The summed E-state index contributed by atoms with van der Waals surface area (Å²) in [6.45, 7) is -0.0225. The van der Waals surface area contributed by atoms with Gasteiger partial charge in [0.2, 0.25) is 5.91 Å². The summed E-state index contributed by atoms with van der Waals surface area (Å²) in [6.07, 6.45) is 0.404. The van der Waals surface area contributed by atoms with Gasteiger partial charge in [0.05, 0.1) is 0 Å². The van der Waals surface area contributed by atoms with E-state index in [0.717, 1.165) is 4.90 Å². The molecular weight excluding hydrogens is 324 g/mol. The lowest BCUT2D eigenvalue weighted by molar-refractivity contribution is -0.133. The number of amides is 4. The second kappa shape index (κ2) is 6.81. The molecule has 0 bridgehead atoms. The summed E-state index contributed by atoms with van der Waals surface area (Å²) in [6, 6.07) is 4.66. The van der Waals surface area contributed by atoms with Gasteiger partial charge in [-0.2, -0.15) is 8.78 Å². The molecule has 130 valence electrons. The van der Waals surface area contributed by atoms with Crippen LogP contribution in [-0.4, -0.2) is 41.4 Å². The molecule has 2 N–H and O–H groups in total. The van der Waals surface area contributed by atoms with Gasteiger partial charge in [0, 0.05) is 5.69 Å². The van der Waals surface area contributed by atoms with Crippen molar-refractivity contribution in [2.75, 3.05) is 11.9 Å². The number of hydrogen-bond donors (Lipinski definition) is 2. The van der Waals surface area contributed by atoms with Crippen molar-refractivity contribution in [3.8, 4) is 5.75 Å². The average Bonchev–Trinajstić information content (AvgIpc) is 2.73. The van der Waals surface area contributed by atoms with E-state index < -0.39 is 36.5 Å². The van der Waals surface area contributed by atoms with E-state index in [1.807, 2.05) is 0 Å². The Labute approximate surface area is 136 Å². The van der Waals surface area contributed by atoms with Crippen molar-refractivity contribution < 1.29 is 27.9 Å². The summed E-state index contributed by atoms with van der Waals surface area (Å²) in [5.41, 5.74) is -0.682. The minimum Gasteiger partial charge on any atom is -0.435 e. The monoisotopic (exact) mass is 341 g/mol. The zero-order chi connectivity index (χ0) is 17.9. The Bertz CT molecular complexity index is 651. The summed E-state index contributed by atoms with van der Waals surface area (Å²) in [5, 5.41) is 5.02. The van der Waals surface area contributed by atoms with Crippen molar-refractivity contribution in [3.05, 3.63) is 24.3 Å². The van der Waals surface area contributed by atoms with E-state index in [4.69, 9.17) is 0 Å². The van der Waals surface area contributed by atoms with Gasteiger partial charge in [0.1, 0.15) is 17.8 Å². The van der Waals surface area contributed by atoms with Gasteiger partial charge in [-0.3, -0.25) is 14.5 Å². The van der Waals surface area contributed by atoms with Gasteiger partial charge >= 0.3 is 12.6 Å². The molecule has 0 aromatic heterocycles. The molecule has 1 aliphatic rings. The molecule has 1 atom stereocenters. The van der Waals surface area contributed by atoms with Crippen molar-refractivity contribution in [1.29, 1.82) is 0 Å². The smallest absolute Gasteiger partial charge is 0.387 e. The molecule has 9 heteroatoms. The first-order chi connectivity index (χ1) is 11.2. The molecule has 7 nitrogen and oxygen atoms in total. The Hall–Kier alpha value is -2.71. The lowest BCUT2D eigenvalue weighted by Crippen LogP contribution is -2.44. The lowest BCUT2D eigenvalue weighted by atomic mass is 9.99. The van der Waals surface area contributed by atoms with Gasteiger partial charge in [0.15, 0.2) is 0 Å². The number of hydrogen-bond acceptors (Lipinski definition) is 4. The van der Waals surface area contributed by atoms with Crippen molar-refractivity contribution in [2.24, 2.45) is 0 Å². The van der Waals surface area contributed by atoms with Crippen LogP contribution in [0.2, 0.25) is 0 Å². The SMILES string of the molecule is CCC1(C)NC(=O)N(CC(=O)Nc2ccc(OC(F)F)cc2)C1=O. The highest BCUT2D eigenvalue weighted by molar-refractivity contribution is 6.09. The summed E-state index contributed by atoms with van der Waals surface area (Å²) in [4.78, 5) is 36.8. The number of nitrogens with zero attached hydrogens (tertiary/aromatic N) is 1. The maximum absolute atomic E-state index is 12.2. The number of alkyl halides is 2. The number of rotatable bonds is 6. The third-order valence-electron chi connectivity index (χ3n) is 3.72. The van der Waals surface area contributed by atoms with E-state index in [2.05, 4.69) is 15.4 Å². The normalized spacial score (nSPS) is 20.3. The molecule has 0 aliphatic carbocycles. The highest BCUT2D eigenvalue weighted by atomic mass is 19.3. The number of anilines is 1. The molecule has 1 aromatic carbocycles. The maximum atomic E-state index is 12.2. The fraction of sp³-hybridized carbons (Fsp3) is 0.400. The number of imide groups is 1. The predicted octanol–water partition coefficient (Wildman–Crippen LogP) is 1.95. The van der Waals surface area contributed by atoms with Gasteiger partial charge < -0.3 is 15.4 Å². The molecule has 1 saturated heterocycles. The highest BCUT2D eigenvalue weighted by Gasteiger charge is 2.46. The van der Waals surface area contributed by atoms with Crippen LogP contribution >= 0.6 is 0 Å². The molecule has 24 heavy (non-hydrogen) atoms. The number of halogens is 2. The molecule has 1 fully saturated rings. The fourth-order valence-electron chi connectivity index (χ4n) is 2.19. The summed E-state index contributed by atoms with van der Waals surface area (Å²) in [5.74, 6) is -1.09. The number of ether oxygens (including phenoxy) is 1. The Kier molecular flexibility index (Phi) is 5.01. The Morgan fingerprint density at radius 3 is 2.46 bits per heavy atom. The van der Waals surface area contributed by atoms with Crippen molar-refractivity contribution in [1.82, 2.24) is 10.2 Å². The van der Waals surface area contributed by atoms with Gasteiger partial charge in [-0.25, -0.2) is 4.79 Å². The van der Waals surface area contributed by atoms with E-state index in [9.17, 15) is 23.2 Å². The van der Waals surface area contributed by atoms with Crippen LogP contribution in [0, 0.1) is 0 Å². The fourth-order valence-corrected chi connectivity index (χ4v) is 2.19. The standard InChI is InChI=1S/C15H17F2N3O4/c1-3-15(2)12(22)20(14(23)19-15)8-11(21)18-9-4-6-10(7-5-9)24-13(16)17/h4-7,13H,3,8H2,1-2H3,(H,18,21)(H,19,23). The highest BCUT2D eigenvalue weighted by Crippen LogP contribution is 2.21. The number of nitrogens with one attached hydrogen (secondary N) is 2. The molecule has 1 unspecified atom stereocenters. The first kappa shape index (κ1) is 17.6. The van der Waals surface area contributed by atoms with Crippen molar-refractivity contribution in [3.63, 3.8) is 0 Å². The van der Waals surface area contributed by atoms with Crippen LogP contribution < -0.4 is 15.4 Å². The molecule has 4 amide bonds. The molecule has 1 heterocycles. The van der Waals surface area contributed by atoms with E-state index >= 15 is 0 Å². The summed E-state index contributed by atoms with van der Waals surface area (Å²) < 4.78 is 28.3. The topological polar surface area (TPSA) is 87.7 Å². The molecule has 1 aromatic rings. The second-order valence-electron chi connectivity index (χ2n) is 5.46. The quantitative estimate of drug-likeness (QED) is 0.774. The maximum Gasteiger partial charge on any atom is 0.387 e. The van der Waals surface area contributed by atoms with Crippen LogP contribution in [-0.2, 0) is 9.59 Å². The van der Waals surface area contributed by atoms with E-state index in [1.54, 1.807) is 13.8 Å². The first-order valence-corrected chi connectivity index (χ1v) is 7.24. The van der Waals surface area contributed by atoms with Gasteiger partial charge in [-0.1, -0.05) is 6.92 Å². The Morgan fingerprint density at radius 2 is 1.96 bits per heavy atom.